The van der Waals surface area contributed by atoms with Crippen molar-refractivity contribution < 1.29 is 28.9 Å². The lowest BCUT2D eigenvalue weighted by Crippen LogP contribution is -2.27. The fourth-order valence-corrected chi connectivity index (χ4v) is 4.01. The maximum Gasteiger partial charge on any atom is 0.344 e. The van der Waals surface area contributed by atoms with Crippen molar-refractivity contribution in [2.24, 2.45) is 0 Å². The van der Waals surface area contributed by atoms with Gasteiger partial charge < -0.3 is 19.3 Å². The standard InChI is InChI=1S/C21H19NO6S2/c1-12(20(24)25)28-15-6-4-5-13(9-15)10-18-19(23)22(21(29)30-18)16-8-7-14(26-2)11-17(16)27-3/h4-12H,1-3H3,(H,24,25)/b18-10+. The number of carboxylic acids is 1. The summed E-state index contributed by atoms with van der Waals surface area (Å²) in [5.41, 5.74) is 1.21. The van der Waals surface area contributed by atoms with E-state index in [9.17, 15) is 9.59 Å². The molecule has 156 valence electrons. The van der Waals surface area contributed by atoms with Gasteiger partial charge in [0.2, 0.25) is 0 Å². The van der Waals surface area contributed by atoms with Gasteiger partial charge in [-0.15, -0.1) is 0 Å². The summed E-state index contributed by atoms with van der Waals surface area (Å²) < 4.78 is 16.4. The molecule has 0 aromatic heterocycles. The smallest absolute Gasteiger partial charge is 0.344 e. The van der Waals surface area contributed by atoms with Gasteiger partial charge >= 0.3 is 5.97 Å². The molecular weight excluding hydrogens is 426 g/mol. The highest BCUT2D eigenvalue weighted by Gasteiger charge is 2.35. The number of hydrogen-bond donors (Lipinski definition) is 1. The predicted octanol–water partition coefficient (Wildman–Crippen LogP) is 3.96. The van der Waals surface area contributed by atoms with Crippen LogP contribution in [0.5, 0.6) is 17.2 Å². The monoisotopic (exact) mass is 445 g/mol. The third-order valence-corrected chi connectivity index (χ3v) is 5.54. The summed E-state index contributed by atoms with van der Waals surface area (Å²) in [4.78, 5) is 25.9. The Morgan fingerprint density at radius 3 is 2.60 bits per heavy atom. The van der Waals surface area contributed by atoms with Crippen molar-refractivity contribution in [2.75, 3.05) is 19.1 Å². The highest BCUT2D eigenvalue weighted by molar-refractivity contribution is 8.27. The van der Waals surface area contributed by atoms with Crippen LogP contribution in [0, 0.1) is 0 Å². The van der Waals surface area contributed by atoms with E-state index in [1.165, 1.54) is 30.7 Å². The van der Waals surface area contributed by atoms with Crippen molar-refractivity contribution in [3.8, 4) is 17.2 Å². The van der Waals surface area contributed by atoms with Crippen LogP contribution in [0.4, 0.5) is 5.69 Å². The summed E-state index contributed by atoms with van der Waals surface area (Å²) in [7, 11) is 3.06. The molecule has 1 unspecified atom stereocenters. The number of thiocarbonyl (C=S) groups is 1. The van der Waals surface area contributed by atoms with E-state index in [2.05, 4.69) is 0 Å². The molecule has 1 heterocycles. The van der Waals surface area contributed by atoms with E-state index in [0.717, 1.165) is 0 Å². The number of aliphatic carboxylic acids is 1. The molecule has 0 aliphatic carbocycles. The fourth-order valence-electron chi connectivity index (χ4n) is 2.73. The van der Waals surface area contributed by atoms with Gasteiger partial charge in [-0.3, -0.25) is 9.69 Å². The first-order chi connectivity index (χ1) is 14.3. The van der Waals surface area contributed by atoms with Crippen molar-refractivity contribution in [2.45, 2.75) is 13.0 Å². The number of amides is 1. The molecule has 1 aliphatic rings. The normalized spacial score (nSPS) is 16.0. The van der Waals surface area contributed by atoms with E-state index in [0.29, 0.717) is 37.7 Å². The number of hydrogen-bond acceptors (Lipinski definition) is 7. The van der Waals surface area contributed by atoms with Gasteiger partial charge in [0.25, 0.3) is 5.91 Å². The number of rotatable bonds is 7. The maximum atomic E-state index is 13.0. The average Bonchev–Trinajstić information content (AvgIpc) is 3.00. The molecule has 2 aromatic carbocycles. The Hall–Kier alpha value is -3.04. The summed E-state index contributed by atoms with van der Waals surface area (Å²) in [6.07, 6.45) is 0.703. The number of carbonyl (C=O) groups is 2. The Balaban J connectivity index is 1.88. The van der Waals surface area contributed by atoms with Crippen molar-refractivity contribution in [1.29, 1.82) is 0 Å². The third kappa shape index (κ3) is 4.58. The molecule has 30 heavy (non-hydrogen) atoms. The van der Waals surface area contributed by atoms with E-state index < -0.39 is 12.1 Å². The Morgan fingerprint density at radius 1 is 1.17 bits per heavy atom. The van der Waals surface area contributed by atoms with E-state index in [-0.39, 0.29) is 5.91 Å². The number of benzene rings is 2. The van der Waals surface area contributed by atoms with Crippen LogP contribution in [0.15, 0.2) is 47.4 Å². The Bertz CT molecular complexity index is 1040. The number of thioether (sulfide) groups is 1. The van der Waals surface area contributed by atoms with Gasteiger partial charge in [0, 0.05) is 6.07 Å². The van der Waals surface area contributed by atoms with Crippen molar-refractivity contribution >= 4 is 51.9 Å². The second-order valence-corrected chi connectivity index (χ2v) is 7.90. The summed E-state index contributed by atoms with van der Waals surface area (Å²) in [6.45, 7) is 1.45. The first kappa shape index (κ1) is 21.7. The van der Waals surface area contributed by atoms with Gasteiger partial charge in [0.05, 0.1) is 24.8 Å². The minimum atomic E-state index is -1.06. The van der Waals surface area contributed by atoms with Crippen molar-refractivity contribution in [1.82, 2.24) is 0 Å². The zero-order valence-electron chi connectivity index (χ0n) is 16.4. The van der Waals surface area contributed by atoms with E-state index in [4.69, 9.17) is 31.5 Å². The lowest BCUT2D eigenvalue weighted by atomic mass is 10.2. The van der Waals surface area contributed by atoms with Gasteiger partial charge in [0.15, 0.2) is 10.4 Å². The second-order valence-electron chi connectivity index (χ2n) is 6.23. The molecule has 1 fully saturated rings. The highest BCUT2D eigenvalue weighted by Crippen LogP contribution is 2.41. The lowest BCUT2D eigenvalue weighted by molar-refractivity contribution is -0.144. The Labute approximate surface area is 183 Å². The molecule has 0 spiro atoms. The molecule has 1 saturated heterocycles. The molecule has 0 bridgehead atoms. The summed E-state index contributed by atoms with van der Waals surface area (Å²) in [5, 5.41) is 9.00. The minimum absolute atomic E-state index is 0.279. The number of methoxy groups -OCH3 is 2. The van der Waals surface area contributed by atoms with Crippen LogP contribution in [0.25, 0.3) is 6.08 Å². The van der Waals surface area contributed by atoms with Crippen LogP contribution >= 0.6 is 24.0 Å². The molecule has 1 aliphatic heterocycles. The molecule has 9 heteroatoms. The largest absolute Gasteiger partial charge is 0.497 e. The number of ether oxygens (including phenoxy) is 3. The van der Waals surface area contributed by atoms with Crippen molar-refractivity contribution in [3.05, 3.63) is 52.9 Å². The fraction of sp³-hybridized carbons (Fsp3) is 0.190. The van der Waals surface area contributed by atoms with E-state index in [1.54, 1.807) is 55.7 Å². The summed E-state index contributed by atoms with van der Waals surface area (Å²) in [5.74, 6) is 0.119. The van der Waals surface area contributed by atoms with Crippen LogP contribution in [0.2, 0.25) is 0 Å². The maximum absolute atomic E-state index is 13.0. The Kier molecular flexibility index (Phi) is 6.63. The molecule has 1 N–H and O–H groups in total. The minimum Gasteiger partial charge on any atom is -0.497 e. The zero-order valence-corrected chi connectivity index (χ0v) is 18.1. The van der Waals surface area contributed by atoms with E-state index in [1.807, 2.05) is 0 Å². The second kappa shape index (κ2) is 9.19. The zero-order chi connectivity index (χ0) is 21.8. The molecule has 0 saturated carbocycles. The Morgan fingerprint density at radius 2 is 1.93 bits per heavy atom. The van der Waals surface area contributed by atoms with Gasteiger partial charge in [-0.25, -0.2) is 4.79 Å². The van der Waals surface area contributed by atoms with Crippen molar-refractivity contribution in [3.63, 3.8) is 0 Å². The summed E-state index contributed by atoms with van der Waals surface area (Å²) >= 11 is 6.60. The van der Waals surface area contributed by atoms with E-state index >= 15 is 0 Å². The molecule has 1 atom stereocenters. The molecule has 3 rings (SSSR count). The van der Waals surface area contributed by atoms with Crippen LogP contribution in [0.1, 0.15) is 12.5 Å². The molecule has 0 radical (unpaired) electrons. The van der Waals surface area contributed by atoms with Crippen LogP contribution in [-0.4, -0.2) is 41.6 Å². The molecular formula is C21H19NO6S2. The number of anilines is 1. The van der Waals surface area contributed by atoms with Crippen LogP contribution in [0.3, 0.4) is 0 Å². The molecule has 7 nitrogen and oxygen atoms in total. The third-order valence-electron chi connectivity index (χ3n) is 4.24. The SMILES string of the molecule is COc1ccc(N2C(=O)/C(=C\c3cccc(OC(C)C(=O)O)c3)SC2=S)c(OC)c1. The highest BCUT2D eigenvalue weighted by atomic mass is 32.2. The first-order valence-electron chi connectivity index (χ1n) is 8.83. The topological polar surface area (TPSA) is 85.3 Å². The number of nitrogens with zero attached hydrogens (tertiary/aromatic N) is 1. The molecule has 2 aromatic rings. The van der Waals surface area contributed by atoms with Gasteiger partial charge in [0.1, 0.15) is 17.2 Å². The predicted molar refractivity (Wildman–Crippen MR) is 119 cm³/mol. The summed E-state index contributed by atoms with van der Waals surface area (Å²) in [6, 6.07) is 12.0. The van der Waals surface area contributed by atoms with Gasteiger partial charge in [-0.2, -0.15) is 0 Å². The lowest BCUT2D eigenvalue weighted by Gasteiger charge is -2.18. The number of carboxylic acid groups (broad SMARTS) is 1. The first-order valence-corrected chi connectivity index (χ1v) is 10.1. The number of carbonyl (C=O) groups excluding carboxylic acids is 1. The van der Waals surface area contributed by atoms with Crippen LogP contribution in [-0.2, 0) is 9.59 Å². The quantitative estimate of drug-likeness (QED) is 0.506. The van der Waals surface area contributed by atoms with Crippen LogP contribution < -0.4 is 19.1 Å². The van der Waals surface area contributed by atoms with Gasteiger partial charge in [-0.1, -0.05) is 36.1 Å². The molecule has 1 amide bonds. The average molecular weight is 446 g/mol. The van der Waals surface area contributed by atoms with Gasteiger partial charge in [-0.05, 0) is 42.8 Å².